The van der Waals surface area contributed by atoms with Gasteiger partial charge in [-0.15, -0.1) is 11.3 Å². The van der Waals surface area contributed by atoms with Crippen LogP contribution in [0, 0.1) is 0 Å². The molecule has 1 aromatic carbocycles. The summed E-state index contributed by atoms with van der Waals surface area (Å²) in [6.07, 6.45) is 2.85. The molecule has 0 bridgehead atoms. The Labute approximate surface area is 161 Å². The number of thiophene rings is 1. The standard InChI is InChI=1S/C19H21ClN2O3S/c1-11(12-6-8-13(20)9-7-12)21-10-16(23)22-18-17(19(24)25-2)14-4-3-5-15(14)26-18/h6-9,11,21H,3-5,10H2,1-2H3,(H,22,23)/t11-/m1/s1. The second kappa shape index (κ2) is 8.20. The molecule has 2 aromatic rings. The molecule has 1 aliphatic carbocycles. The number of halogens is 1. The monoisotopic (exact) mass is 392 g/mol. The molecule has 138 valence electrons. The molecule has 0 spiro atoms. The summed E-state index contributed by atoms with van der Waals surface area (Å²) in [4.78, 5) is 25.6. The lowest BCUT2D eigenvalue weighted by Crippen LogP contribution is -2.30. The van der Waals surface area contributed by atoms with Crippen LogP contribution in [0.1, 0.15) is 45.7 Å². The molecule has 5 nitrogen and oxygen atoms in total. The molecule has 0 aliphatic heterocycles. The van der Waals surface area contributed by atoms with Crippen molar-refractivity contribution in [3.63, 3.8) is 0 Å². The minimum absolute atomic E-state index is 0.00596. The van der Waals surface area contributed by atoms with Crippen LogP contribution in [0.3, 0.4) is 0 Å². The molecule has 0 saturated heterocycles. The zero-order valence-corrected chi connectivity index (χ0v) is 16.3. The van der Waals surface area contributed by atoms with Gasteiger partial charge in [-0.1, -0.05) is 23.7 Å². The molecular formula is C19H21ClN2O3S. The number of carbonyl (C=O) groups excluding carboxylic acids is 2. The molecule has 0 unspecified atom stereocenters. The highest BCUT2D eigenvalue weighted by atomic mass is 35.5. The van der Waals surface area contributed by atoms with Crippen molar-refractivity contribution in [3.8, 4) is 0 Å². The molecule has 1 aliphatic rings. The maximum absolute atomic E-state index is 12.4. The number of carbonyl (C=O) groups is 2. The van der Waals surface area contributed by atoms with Crippen LogP contribution in [0.15, 0.2) is 24.3 Å². The molecule has 7 heteroatoms. The van der Waals surface area contributed by atoms with Crippen molar-refractivity contribution < 1.29 is 14.3 Å². The first-order valence-electron chi connectivity index (χ1n) is 8.51. The van der Waals surface area contributed by atoms with E-state index in [9.17, 15) is 9.59 Å². The highest BCUT2D eigenvalue weighted by Crippen LogP contribution is 2.39. The van der Waals surface area contributed by atoms with E-state index >= 15 is 0 Å². The number of esters is 1. The summed E-state index contributed by atoms with van der Waals surface area (Å²) in [6.45, 7) is 2.13. The van der Waals surface area contributed by atoms with E-state index in [1.54, 1.807) is 0 Å². The van der Waals surface area contributed by atoms with Crippen molar-refractivity contribution in [1.29, 1.82) is 0 Å². The number of aryl methyl sites for hydroxylation is 1. The molecule has 1 amide bonds. The minimum atomic E-state index is -0.387. The van der Waals surface area contributed by atoms with E-state index in [4.69, 9.17) is 16.3 Å². The quantitative estimate of drug-likeness (QED) is 0.730. The zero-order chi connectivity index (χ0) is 18.7. The van der Waals surface area contributed by atoms with E-state index in [0.717, 1.165) is 30.4 Å². The second-order valence-electron chi connectivity index (χ2n) is 6.26. The van der Waals surface area contributed by atoms with Gasteiger partial charge in [0.2, 0.25) is 5.91 Å². The fourth-order valence-electron chi connectivity index (χ4n) is 3.10. The first kappa shape index (κ1) is 18.9. The summed E-state index contributed by atoms with van der Waals surface area (Å²) in [7, 11) is 1.36. The van der Waals surface area contributed by atoms with Gasteiger partial charge >= 0.3 is 5.97 Å². The van der Waals surface area contributed by atoms with E-state index in [1.807, 2.05) is 31.2 Å². The smallest absolute Gasteiger partial charge is 0.341 e. The Bertz CT molecular complexity index is 817. The molecule has 3 rings (SSSR count). The highest BCUT2D eigenvalue weighted by Gasteiger charge is 2.27. The number of fused-ring (bicyclic) bond motifs is 1. The number of amides is 1. The fraction of sp³-hybridized carbons (Fsp3) is 0.368. The van der Waals surface area contributed by atoms with Crippen molar-refractivity contribution in [3.05, 3.63) is 50.9 Å². The molecule has 0 saturated carbocycles. The van der Waals surface area contributed by atoms with Gasteiger partial charge in [-0.25, -0.2) is 4.79 Å². The summed E-state index contributed by atoms with van der Waals surface area (Å²) in [5.41, 5.74) is 2.59. The lowest BCUT2D eigenvalue weighted by Gasteiger charge is -2.14. The average molecular weight is 393 g/mol. The predicted octanol–water partition coefficient (Wildman–Crippen LogP) is 3.97. The van der Waals surface area contributed by atoms with Gasteiger partial charge in [0.15, 0.2) is 0 Å². The normalized spacial score (nSPS) is 14.0. The maximum atomic E-state index is 12.4. The number of nitrogens with one attached hydrogen (secondary N) is 2. The Morgan fingerprint density at radius 1 is 1.27 bits per heavy atom. The molecule has 1 atom stereocenters. The van der Waals surface area contributed by atoms with E-state index < -0.39 is 0 Å². The molecule has 2 N–H and O–H groups in total. The predicted molar refractivity (Wildman–Crippen MR) is 104 cm³/mol. The van der Waals surface area contributed by atoms with E-state index in [0.29, 0.717) is 15.6 Å². The lowest BCUT2D eigenvalue weighted by molar-refractivity contribution is -0.115. The maximum Gasteiger partial charge on any atom is 0.341 e. The molecule has 26 heavy (non-hydrogen) atoms. The van der Waals surface area contributed by atoms with Gasteiger partial charge < -0.3 is 15.4 Å². The SMILES string of the molecule is COC(=O)c1c(NC(=O)CN[C@H](C)c2ccc(Cl)cc2)sc2c1CCC2. The van der Waals surface area contributed by atoms with Gasteiger partial charge in [-0.2, -0.15) is 0 Å². The average Bonchev–Trinajstić information content (AvgIpc) is 3.20. The number of anilines is 1. The summed E-state index contributed by atoms with van der Waals surface area (Å²) in [5, 5.41) is 7.32. The van der Waals surface area contributed by atoms with Crippen molar-refractivity contribution in [2.45, 2.75) is 32.2 Å². The van der Waals surface area contributed by atoms with Crippen LogP contribution in [-0.2, 0) is 22.4 Å². The topological polar surface area (TPSA) is 67.4 Å². The third-order valence-corrected chi connectivity index (χ3v) is 5.96. The van der Waals surface area contributed by atoms with Gasteiger partial charge in [0.1, 0.15) is 5.00 Å². The summed E-state index contributed by atoms with van der Waals surface area (Å²) in [5.74, 6) is -0.571. The van der Waals surface area contributed by atoms with Crippen LogP contribution in [0.2, 0.25) is 5.02 Å². The first-order chi connectivity index (χ1) is 12.5. The van der Waals surface area contributed by atoms with Gasteiger partial charge in [-0.05, 0) is 49.4 Å². The van der Waals surface area contributed by atoms with Gasteiger partial charge in [0.25, 0.3) is 0 Å². The fourth-order valence-corrected chi connectivity index (χ4v) is 4.52. The Morgan fingerprint density at radius 2 is 2.00 bits per heavy atom. The molecular weight excluding hydrogens is 372 g/mol. The minimum Gasteiger partial charge on any atom is -0.465 e. The number of ether oxygens (including phenoxy) is 1. The number of hydrogen-bond acceptors (Lipinski definition) is 5. The van der Waals surface area contributed by atoms with Crippen molar-refractivity contribution in [2.24, 2.45) is 0 Å². The number of hydrogen-bond donors (Lipinski definition) is 2. The Morgan fingerprint density at radius 3 is 2.69 bits per heavy atom. The third kappa shape index (κ3) is 4.09. The van der Waals surface area contributed by atoms with Gasteiger partial charge in [-0.3, -0.25) is 4.79 Å². The van der Waals surface area contributed by atoms with E-state index in [2.05, 4.69) is 10.6 Å². The van der Waals surface area contributed by atoms with Crippen LogP contribution in [-0.4, -0.2) is 25.5 Å². The number of rotatable bonds is 6. The Hall–Kier alpha value is -1.89. The van der Waals surface area contributed by atoms with Crippen LogP contribution in [0.4, 0.5) is 5.00 Å². The third-order valence-electron chi connectivity index (χ3n) is 4.50. The molecule has 0 radical (unpaired) electrons. The number of benzene rings is 1. The van der Waals surface area contributed by atoms with Crippen LogP contribution >= 0.6 is 22.9 Å². The molecule has 1 aromatic heterocycles. The van der Waals surface area contributed by atoms with Crippen molar-refractivity contribution in [1.82, 2.24) is 5.32 Å². The van der Waals surface area contributed by atoms with Crippen LogP contribution in [0.25, 0.3) is 0 Å². The lowest BCUT2D eigenvalue weighted by atomic mass is 10.1. The summed E-state index contributed by atoms with van der Waals surface area (Å²) in [6, 6.07) is 7.51. The van der Waals surface area contributed by atoms with Crippen LogP contribution in [0.5, 0.6) is 0 Å². The Kier molecular flexibility index (Phi) is 5.96. The summed E-state index contributed by atoms with van der Waals surface area (Å²) < 4.78 is 4.90. The van der Waals surface area contributed by atoms with Crippen molar-refractivity contribution in [2.75, 3.05) is 19.0 Å². The molecule has 1 heterocycles. The highest BCUT2D eigenvalue weighted by molar-refractivity contribution is 7.17. The Balaban J connectivity index is 1.63. The van der Waals surface area contributed by atoms with Gasteiger partial charge in [0, 0.05) is 15.9 Å². The summed E-state index contributed by atoms with van der Waals surface area (Å²) >= 11 is 7.37. The van der Waals surface area contributed by atoms with E-state index in [1.165, 1.54) is 23.3 Å². The molecule has 0 fully saturated rings. The van der Waals surface area contributed by atoms with Crippen molar-refractivity contribution >= 4 is 39.8 Å². The van der Waals surface area contributed by atoms with E-state index in [-0.39, 0.29) is 24.5 Å². The zero-order valence-electron chi connectivity index (χ0n) is 14.7. The van der Waals surface area contributed by atoms with Gasteiger partial charge in [0.05, 0.1) is 19.2 Å². The largest absolute Gasteiger partial charge is 0.465 e. The number of methoxy groups -OCH3 is 1. The van der Waals surface area contributed by atoms with Crippen LogP contribution < -0.4 is 10.6 Å². The first-order valence-corrected chi connectivity index (χ1v) is 9.70. The second-order valence-corrected chi connectivity index (χ2v) is 7.80.